The molecule has 19 heavy (non-hydrogen) atoms. The van der Waals surface area contributed by atoms with E-state index < -0.39 is 11.7 Å². The standard InChI is InChI=1S/C13H14FN3O2/c1-8(10-4-3-7-19-10)17-13(18)9-5-6-16-12(15-2)11(9)14/h3-8H,1-2H3,(H,15,16)(H,17,18). The second-order valence-electron chi connectivity index (χ2n) is 3.98. The number of aromatic nitrogens is 1. The van der Waals surface area contributed by atoms with Gasteiger partial charge in [0.25, 0.3) is 5.91 Å². The van der Waals surface area contributed by atoms with Crippen LogP contribution in [-0.2, 0) is 0 Å². The Kier molecular flexibility index (Phi) is 3.79. The largest absolute Gasteiger partial charge is 0.467 e. The highest BCUT2D eigenvalue weighted by Crippen LogP contribution is 2.17. The normalized spacial score (nSPS) is 11.9. The number of carbonyl (C=O) groups is 1. The molecule has 0 fully saturated rings. The van der Waals surface area contributed by atoms with Crippen LogP contribution < -0.4 is 10.6 Å². The molecule has 0 bridgehead atoms. The van der Waals surface area contributed by atoms with Gasteiger partial charge in [-0.2, -0.15) is 0 Å². The fourth-order valence-corrected chi connectivity index (χ4v) is 1.68. The van der Waals surface area contributed by atoms with Crippen molar-refractivity contribution in [2.45, 2.75) is 13.0 Å². The Morgan fingerprint density at radius 1 is 1.47 bits per heavy atom. The highest BCUT2D eigenvalue weighted by Gasteiger charge is 2.18. The third kappa shape index (κ3) is 2.73. The van der Waals surface area contributed by atoms with E-state index in [9.17, 15) is 9.18 Å². The highest BCUT2D eigenvalue weighted by molar-refractivity contribution is 5.95. The summed E-state index contributed by atoms with van der Waals surface area (Å²) >= 11 is 0. The number of furan rings is 1. The lowest BCUT2D eigenvalue weighted by atomic mass is 10.2. The Hall–Kier alpha value is -2.37. The summed E-state index contributed by atoms with van der Waals surface area (Å²) in [5.41, 5.74) is -0.0576. The number of hydrogen-bond acceptors (Lipinski definition) is 4. The number of hydrogen-bond donors (Lipinski definition) is 2. The zero-order valence-electron chi connectivity index (χ0n) is 10.6. The van der Waals surface area contributed by atoms with Gasteiger partial charge in [-0.05, 0) is 25.1 Å². The van der Waals surface area contributed by atoms with Gasteiger partial charge in [-0.1, -0.05) is 0 Å². The molecule has 0 radical (unpaired) electrons. The number of nitrogens with zero attached hydrogens (tertiary/aromatic N) is 1. The molecule has 2 heterocycles. The predicted molar refractivity (Wildman–Crippen MR) is 68.3 cm³/mol. The van der Waals surface area contributed by atoms with Crippen molar-refractivity contribution in [1.29, 1.82) is 0 Å². The van der Waals surface area contributed by atoms with Crippen molar-refractivity contribution in [2.75, 3.05) is 12.4 Å². The predicted octanol–water partition coefficient (Wildman–Crippen LogP) is 2.35. The van der Waals surface area contributed by atoms with Crippen molar-refractivity contribution in [2.24, 2.45) is 0 Å². The van der Waals surface area contributed by atoms with Gasteiger partial charge in [-0.25, -0.2) is 9.37 Å². The van der Waals surface area contributed by atoms with Crippen LogP contribution in [0.1, 0.15) is 29.1 Å². The Morgan fingerprint density at radius 3 is 2.89 bits per heavy atom. The fourth-order valence-electron chi connectivity index (χ4n) is 1.68. The van der Waals surface area contributed by atoms with Gasteiger partial charge in [0, 0.05) is 13.2 Å². The SMILES string of the molecule is CNc1nccc(C(=O)NC(C)c2ccco2)c1F. The molecule has 2 aromatic heterocycles. The van der Waals surface area contributed by atoms with Crippen LogP contribution in [0.25, 0.3) is 0 Å². The van der Waals surface area contributed by atoms with Gasteiger partial charge in [0.15, 0.2) is 11.6 Å². The zero-order valence-corrected chi connectivity index (χ0v) is 10.6. The lowest BCUT2D eigenvalue weighted by Gasteiger charge is -2.12. The maximum Gasteiger partial charge on any atom is 0.255 e. The molecule has 0 aliphatic carbocycles. The summed E-state index contributed by atoms with van der Waals surface area (Å²) in [6, 6.07) is 4.46. The summed E-state index contributed by atoms with van der Waals surface area (Å²) in [5.74, 6) is -0.538. The van der Waals surface area contributed by atoms with Gasteiger partial charge in [0.1, 0.15) is 5.76 Å². The molecule has 2 N–H and O–H groups in total. The maximum absolute atomic E-state index is 13.9. The van der Waals surface area contributed by atoms with Crippen LogP contribution in [-0.4, -0.2) is 17.9 Å². The van der Waals surface area contributed by atoms with Crippen molar-refractivity contribution in [3.8, 4) is 0 Å². The van der Waals surface area contributed by atoms with Crippen LogP contribution in [0.4, 0.5) is 10.2 Å². The third-order valence-electron chi connectivity index (χ3n) is 2.69. The molecular formula is C13H14FN3O2. The quantitative estimate of drug-likeness (QED) is 0.888. The van der Waals surface area contributed by atoms with Crippen molar-refractivity contribution in [3.63, 3.8) is 0 Å². The first kappa shape index (κ1) is 13.1. The van der Waals surface area contributed by atoms with Crippen LogP contribution in [0.2, 0.25) is 0 Å². The lowest BCUT2D eigenvalue weighted by molar-refractivity contribution is 0.0931. The van der Waals surface area contributed by atoms with E-state index in [1.807, 2.05) is 0 Å². The first-order valence-electron chi connectivity index (χ1n) is 5.80. The summed E-state index contributed by atoms with van der Waals surface area (Å²) in [6.07, 6.45) is 2.89. The zero-order chi connectivity index (χ0) is 13.8. The number of amides is 1. The monoisotopic (exact) mass is 263 g/mol. The molecule has 2 rings (SSSR count). The van der Waals surface area contributed by atoms with Crippen molar-refractivity contribution < 1.29 is 13.6 Å². The van der Waals surface area contributed by atoms with E-state index in [-0.39, 0.29) is 17.4 Å². The Balaban J connectivity index is 2.16. The van der Waals surface area contributed by atoms with Gasteiger partial charge < -0.3 is 15.1 Å². The average molecular weight is 263 g/mol. The number of carbonyl (C=O) groups excluding carboxylic acids is 1. The number of anilines is 1. The molecule has 0 spiro atoms. The number of pyridine rings is 1. The topological polar surface area (TPSA) is 67.2 Å². The van der Waals surface area contributed by atoms with Crippen LogP contribution in [0.15, 0.2) is 35.1 Å². The fraction of sp³-hybridized carbons (Fsp3) is 0.231. The van der Waals surface area contributed by atoms with Gasteiger partial charge in [0.05, 0.1) is 17.9 Å². The molecule has 0 saturated heterocycles. The summed E-state index contributed by atoms with van der Waals surface area (Å²) < 4.78 is 19.1. The Bertz CT molecular complexity index is 569. The minimum absolute atomic E-state index is 0.0401. The lowest BCUT2D eigenvalue weighted by Crippen LogP contribution is -2.27. The smallest absolute Gasteiger partial charge is 0.255 e. The van der Waals surface area contributed by atoms with Gasteiger partial charge in [-0.15, -0.1) is 0 Å². The summed E-state index contributed by atoms with van der Waals surface area (Å²) in [7, 11) is 1.54. The maximum atomic E-state index is 13.9. The second kappa shape index (κ2) is 5.51. The summed E-state index contributed by atoms with van der Waals surface area (Å²) in [6.45, 7) is 1.76. The molecule has 1 amide bonds. The third-order valence-corrected chi connectivity index (χ3v) is 2.69. The van der Waals surface area contributed by atoms with Gasteiger partial charge in [-0.3, -0.25) is 4.79 Å². The van der Waals surface area contributed by atoms with Crippen LogP contribution in [0, 0.1) is 5.82 Å². The highest BCUT2D eigenvalue weighted by atomic mass is 19.1. The Labute approximate surface area is 109 Å². The average Bonchev–Trinajstić information content (AvgIpc) is 2.92. The summed E-state index contributed by atoms with van der Waals surface area (Å²) in [4.78, 5) is 15.8. The van der Waals surface area contributed by atoms with E-state index in [0.29, 0.717) is 5.76 Å². The van der Waals surface area contributed by atoms with Gasteiger partial charge in [0.2, 0.25) is 0 Å². The molecule has 2 aromatic rings. The molecule has 6 heteroatoms. The molecule has 0 saturated carbocycles. The van der Waals surface area contributed by atoms with Gasteiger partial charge >= 0.3 is 0 Å². The number of halogens is 1. The van der Waals surface area contributed by atoms with E-state index in [2.05, 4.69) is 15.6 Å². The molecule has 100 valence electrons. The number of nitrogens with one attached hydrogen (secondary N) is 2. The van der Waals surface area contributed by atoms with E-state index in [4.69, 9.17) is 4.42 Å². The molecule has 0 aliphatic rings. The van der Waals surface area contributed by atoms with E-state index in [1.165, 1.54) is 18.5 Å². The van der Waals surface area contributed by atoms with E-state index >= 15 is 0 Å². The summed E-state index contributed by atoms with van der Waals surface area (Å²) in [5, 5.41) is 5.25. The van der Waals surface area contributed by atoms with Crippen LogP contribution in [0.5, 0.6) is 0 Å². The van der Waals surface area contributed by atoms with E-state index in [0.717, 1.165) is 0 Å². The molecular weight excluding hydrogens is 249 g/mol. The molecule has 0 aromatic carbocycles. The first-order chi connectivity index (χ1) is 9.13. The first-order valence-corrected chi connectivity index (χ1v) is 5.80. The molecule has 5 nitrogen and oxygen atoms in total. The molecule has 0 aliphatic heterocycles. The number of rotatable bonds is 4. The minimum atomic E-state index is -0.672. The minimum Gasteiger partial charge on any atom is -0.467 e. The van der Waals surface area contributed by atoms with Crippen LogP contribution >= 0.6 is 0 Å². The molecule has 1 atom stereocenters. The van der Waals surface area contributed by atoms with Crippen molar-refractivity contribution >= 4 is 11.7 Å². The van der Waals surface area contributed by atoms with E-state index in [1.54, 1.807) is 26.1 Å². The van der Waals surface area contributed by atoms with Crippen molar-refractivity contribution in [1.82, 2.24) is 10.3 Å². The molecule has 1 unspecified atom stereocenters. The Morgan fingerprint density at radius 2 is 2.26 bits per heavy atom. The second-order valence-corrected chi connectivity index (χ2v) is 3.98. The van der Waals surface area contributed by atoms with Crippen LogP contribution in [0.3, 0.4) is 0 Å². The van der Waals surface area contributed by atoms with Crippen molar-refractivity contribution in [3.05, 3.63) is 47.8 Å².